The van der Waals surface area contributed by atoms with Crippen LogP contribution in [0.25, 0.3) is 0 Å². The van der Waals surface area contributed by atoms with Crippen molar-refractivity contribution in [1.82, 2.24) is 0 Å². The van der Waals surface area contributed by atoms with Crippen LogP contribution < -0.4 is 10.5 Å². The maximum atomic E-state index is 12.0. The summed E-state index contributed by atoms with van der Waals surface area (Å²) in [6.07, 6.45) is 0.131. The monoisotopic (exact) mass is 401 g/mol. The first kappa shape index (κ1) is 23.4. The van der Waals surface area contributed by atoms with Crippen molar-refractivity contribution in [2.75, 3.05) is 6.26 Å². The molecule has 2 atom stereocenters. The lowest BCUT2D eigenvalue weighted by Gasteiger charge is -2.33. The van der Waals surface area contributed by atoms with Crippen LogP contribution >= 0.6 is 0 Å². The Labute approximate surface area is 162 Å². The van der Waals surface area contributed by atoms with E-state index in [4.69, 9.17) is 14.7 Å². The van der Waals surface area contributed by atoms with Crippen LogP contribution in [0.15, 0.2) is 18.2 Å². The van der Waals surface area contributed by atoms with Crippen LogP contribution in [0.1, 0.15) is 59.6 Å². The second-order valence-corrected chi connectivity index (χ2v) is 10.7. The van der Waals surface area contributed by atoms with Crippen molar-refractivity contribution in [2.24, 2.45) is 16.6 Å². The molecule has 154 valence electrons. The van der Waals surface area contributed by atoms with Gasteiger partial charge < -0.3 is 15.6 Å². The number of carbonyl (C=O) groups is 1. The fourth-order valence-corrected chi connectivity index (χ4v) is 2.96. The van der Waals surface area contributed by atoms with Crippen molar-refractivity contribution in [3.05, 3.63) is 23.8 Å². The maximum absolute atomic E-state index is 12.0. The van der Waals surface area contributed by atoms with Gasteiger partial charge in [0.25, 0.3) is 10.1 Å². The quantitative estimate of drug-likeness (QED) is 0.427. The van der Waals surface area contributed by atoms with Gasteiger partial charge in [-0.1, -0.05) is 47.6 Å². The third kappa shape index (κ3) is 7.86. The number of rotatable bonds is 6. The van der Waals surface area contributed by atoms with Gasteiger partial charge in [0, 0.05) is 6.04 Å². The number of phenolic OH excluding ortho intramolecular Hbond substituents is 1. The summed E-state index contributed by atoms with van der Waals surface area (Å²) in [7, 11) is -3.79. The first-order valence-electron chi connectivity index (χ1n) is 8.67. The molecular formula is C19H31NO6S. The van der Waals surface area contributed by atoms with Gasteiger partial charge in [-0.3, -0.25) is 8.98 Å². The second kappa shape index (κ2) is 8.16. The molecule has 27 heavy (non-hydrogen) atoms. The molecule has 0 aliphatic rings. The Morgan fingerprint density at radius 2 is 1.74 bits per heavy atom. The molecule has 0 aliphatic carbocycles. The largest absolute Gasteiger partial charge is 0.504 e. The zero-order valence-corrected chi connectivity index (χ0v) is 17.9. The van der Waals surface area contributed by atoms with E-state index in [1.165, 1.54) is 18.2 Å². The minimum Gasteiger partial charge on any atom is -0.504 e. The summed E-state index contributed by atoms with van der Waals surface area (Å²) in [4.78, 5) is 12.0. The third-order valence-corrected chi connectivity index (χ3v) is 4.37. The summed E-state index contributed by atoms with van der Waals surface area (Å²) in [6, 6.07) is 3.57. The van der Waals surface area contributed by atoms with Gasteiger partial charge in [-0.25, -0.2) is 0 Å². The number of ether oxygens (including phenoxy) is 1. The predicted octanol–water partition coefficient (Wildman–Crippen LogP) is 3.12. The van der Waals surface area contributed by atoms with Crippen LogP contribution in [0.2, 0.25) is 0 Å². The van der Waals surface area contributed by atoms with E-state index >= 15 is 0 Å². The fourth-order valence-electron chi connectivity index (χ4n) is 2.35. The van der Waals surface area contributed by atoms with E-state index in [-0.39, 0.29) is 23.3 Å². The maximum Gasteiger partial charge on any atom is 0.311 e. The van der Waals surface area contributed by atoms with Crippen LogP contribution in [0, 0.1) is 10.8 Å². The molecular weight excluding hydrogens is 370 g/mol. The van der Waals surface area contributed by atoms with Crippen LogP contribution in [0.3, 0.4) is 0 Å². The van der Waals surface area contributed by atoms with Gasteiger partial charge in [0.15, 0.2) is 11.5 Å². The van der Waals surface area contributed by atoms with E-state index in [9.17, 15) is 18.3 Å². The number of hydrogen-bond acceptors (Lipinski definition) is 7. The number of aromatic hydroxyl groups is 1. The second-order valence-electron chi connectivity index (χ2n) is 9.05. The smallest absolute Gasteiger partial charge is 0.311 e. The summed E-state index contributed by atoms with van der Waals surface area (Å²) in [5.41, 5.74) is 5.88. The van der Waals surface area contributed by atoms with Gasteiger partial charge in [-0.05, 0) is 28.5 Å². The lowest BCUT2D eigenvalue weighted by Crippen LogP contribution is -2.42. The molecule has 0 aliphatic heterocycles. The average Bonchev–Trinajstić information content (AvgIpc) is 2.42. The highest BCUT2D eigenvalue weighted by Crippen LogP contribution is 2.36. The van der Waals surface area contributed by atoms with Crippen molar-refractivity contribution >= 4 is 16.1 Å². The molecule has 2 unspecified atom stereocenters. The van der Waals surface area contributed by atoms with E-state index in [0.717, 1.165) is 6.26 Å². The third-order valence-electron chi connectivity index (χ3n) is 3.81. The first-order chi connectivity index (χ1) is 12.0. The van der Waals surface area contributed by atoms with Crippen molar-refractivity contribution in [2.45, 2.75) is 60.1 Å². The molecule has 7 nitrogen and oxygen atoms in total. The zero-order chi connectivity index (χ0) is 21.2. The molecule has 1 aromatic rings. The summed E-state index contributed by atoms with van der Waals surface area (Å²) < 4.78 is 33.7. The lowest BCUT2D eigenvalue weighted by molar-refractivity contribution is -0.136. The summed E-state index contributed by atoms with van der Waals surface area (Å²) in [5.74, 6) is -0.769. The highest BCUT2D eigenvalue weighted by Gasteiger charge is 2.34. The molecule has 0 saturated carbocycles. The van der Waals surface area contributed by atoms with Crippen molar-refractivity contribution in [3.63, 3.8) is 0 Å². The highest BCUT2D eigenvalue weighted by atomic mass is 32.2. The Balaban J connectivity index is 3.16. The fraction of sp³-hybridized carbons (Fsp3) is 0.632. The summed E-state index contributed by atoms with van der Waals surface area (Å²) in [5, 5.41) is 10.2. The molecule has 1 aromatic carbocycles. The van der Waals surface area contributed by atoms with Crippen molar-refractivity contribution in [3.8, 4) is 11.5 Å². The number of esters is 1. The normalized spacial score (nSPS) is 15.3. The van der Waals surface area contributed by atoms with Crippen LogP contribution in [-0.2, 0) is 19.1 Å². The van der Waals surface area contributed by atoms with Crippen molar-refractivity contribution < 1.29 is 27.2 Å². The SMILES string of the molecule is CC(C)(C)CC(=O)Oc1ccc(C(OS(C)(=O)=O)C(N)C(C)(C)C)cc1O. The van der Waals surface area contributed by atoms with Crippen LogP contribution in [0.5, 0.6) is 11.5 Å². The minimum absolute atomic E-state index is 0.00423. The number of phenols is 1. The van der Waals surface area contributed by atoms with E-state index in [2.05, 4.69) is 0 Å². The van der Waals surface area contributed by atoms with Gasteiger partial charge in [-0.2, -0.15) is 8.42 Å². The van der Waals surface area contributed by atoms with Gasteiger partial charge in [0.05, 0.1) is 12.7 Å². The Morgan fingerprint density at radius 1 is 1.19 bits per heavy atom. The van der Waals surface area contributed by atoms with E-state index < -0.39 is 33.6 Å². The standard InChI is InChI=1S/C19H31NO6S/c1-18(2,3)11-15(22)25-14-9-8-12(10-13(14)21)16(26-27(7,23)24)17(20)19(4,5)6/h8-10,16-17,21H,11,20H2,1-7H3. The van der Waals surface area contributed by atoms with Gasteiger partial charge in [0.2, 0.25) is 0 Å². The topological polar surface area (TPSA) is 116 Å². The van der Waals surface area contributed by atoms with Crippen LogP contribution in [0.4, 0.5) is 0 Å². The van der Waals surface area contributed by atoms with Crippen molar-refractivity contribution in [1.29, 1.82) is 0 Å². The molecule has 3 N–H and O–H groups in total. The predicted molar refractivity (Wildman–Crippen MR) is 104 cm³/mol. The molecule has 1 rings (SSSR count). The van der Waals surface area contributed by atoms with E-state index in [0.29, 0.717) is 5.56 Å². The molecule has 0 fully saturated rings. The molecule has 0 bridgehead atoms. The number of hydrogen-bond donors (Lipinski definition) is 2. The first-order valence-corrected chi connectivity index (χ1v) is 10.5. The Kier molecular flexibility index (Phi) is 7.07. The molecule has 0 spiro atoms. The molecule has 0 aromatic heterocycles. The number of nitrogens with two attached hydrogens (primary N) is 1. The van der Waals surface area contributed by atoms with Gasteiger partial charge >= 0.3 is 5.97 Å². The Bertz CT molecular complexity index is 774. The molecule has 8 heteroatoms. The molecule has 0 saturated heterocycles. The molecule has 0 radical (unpaired) electrons. The van der Waals surface area contributed by atoms with Crippen LogP contribution in [-0.4, -0.2) is 31.8 Å². The zero-order valence-electron chi connectivity index (χ0n) is 17.1. The molecule has 0 amide bonds. The number of benzene rings is 1. The van der Waals surface area contributed by atoms with Gasteiger partial charge in [0.1, 0.15) is 6.10 Å². The number of carbonyl (C=O) groups excluding carboxylic acids is 1. The summed E-state index contributed by atoms with van der Waals surface area (Å²) >= 11 is 0. The average molecular weight is 402 g/mol. The Morgan fingerprint density at radius 3 is 2.15 bits per heavy atom. The molecule has 0 heterocycles. The van der Waals surface area contributed by atoms with Gasteiger partial charge in [-0.15, -0.1) is 0 Å². The lowest BCUT2D eigenvalue weighted by atomic mass is 9.82. The highest BCUT2D eigenvalue weighted by molar-refractivity contribution is 7.86. The van der Waals surface area contributed by atoms with E-state index in [1.54, 1.807) is 0 Å². The Hall–Kier alpha value is -1.64. The van der Waals surface area contributed by atoms with E-state index in [1.807, 2.05) is 41.5 Å². The minimum atomic E-state index is -3.79. The summed E-state index contributed by atoms with van der Waals surface area (Å²) in [6.45, 7) is 11.3.